The number of hydrogen-bond donors (Lipinski definition) is 2. The van der Waals surface area contributed by atoms with Gasteiger partial charge in [-0.05, 0) is 67.4 Å². The summed E-state index contributed by atoms with van der Waals surface area (Å²) in [6.45, 7) is 3.60. The van der Waals surface area contributed by atoms with Gasteiger partial charge in [-0.1, -0.05) is 24.1 Å². The number of benzene rings is 2. The topological polar surface area (TPSA) is 99.5 Å². The third-order valence-electron chi connectivity index (χ3n) is 10.3. The molecule has 9 rings (SSSR count). The van der Waals surface area contributed by atoms with Gasteiger partial charge in [0, 0.05) is 60.6 Å². The summed E-state index contributed by atoms with van der Waals surface area (Å²) in [5.74, 6) is 2.70. The third-order valence-corrected chi connectivity index (χ3v) is 10.3. The van der Waals surface area contributed by atoms with Gasteiger partial charge in [0.1, 0.15) is 29.4 Å². The zero-order valence-electron chi connectivity index (χ0n) is 25.2. The lowest BCUT2D eigenvalue weighted by Crippen LogP contribution is -2.51. The highest BCUT2D eigenvalue weighted by Gasteiger charge is 2.49. The van der Waals surface area contributed by atoms with Gasteiger partial charge in [0.25, 0.3) is 0 Å². The van der Waals surface area contributed by atoms with Crippen molar-refractivity contribution in [1.29, 1.82) is 0 Å². The van der Waals surface area contributed by atoms with Crippen LogP contribution in [0.1, 0.15) is 42.5 Å². The molecular formula is C36H32FN7O2. The Morgan fingerprint density at radius 3 is 2.83 bits per heavy atom. The summed E-state index contributed by atoms with van der Waals surface area (Å²) < 4.78 is 23.4. The number of halogens is 1. The van der Waals surface area contributed by atoms with E-state index in [0.29, 0.717) is 51.8 Å². The Labute approximate surface area is 265 Å². The van der Waals surface area contributed by atoms with Gasteiger partial charge in [0.2, 0.25) is 0 Å². The van der Waals surface area contributed by atoms with Crippen molar-refractivity contribution in [1.82, 2.24) is 30.2 Å². The standard InChI is InChI=1S/C36H32FN7O2/c1-2-21-6-3-7-22-14-25(45)15-26(30(21)22)32-31(37)33-27(16-39-32)34(43-17-23-9-10-24(18-43)40-23)42-35(41-33)46-20-36-11-5-13-44(36)19-29-28(36)8-4-12-38-29/h1,3-4,6-8,12,14-16,23-24,40,45H,5,9-11,13,17-20H2. The molecule has 0 amide bonds. The molecule has 3 unspecified atom stereocenters. The number of phenolic OH excluding ortho intramolecular Hbond substituents is 1. The number of fused-ring (bicyclic) bond motifs is 7. The molecule has 0 radical (unpaired) electrons. The monoisotopic (exact) mass is 613 g/mol. The summed E-state index contributed by atoms with van der Waals surface area (Å²) in [6, 6.07) is 13.5. The van der Waals surface area contributed by atoms with Gasteiger partial charge in [-0.15, -0.1) is 6.42 Å². The molecule has 10 heteroatoms. The molecule has 4 aliphatic heterocycles. The highest BCUT2D eigenvalue weighted by molar-refractivity contribution is 6.02. The Balaban J connectivity index is 1.19. The van der Waals surface area contributed by atoms with Gasteiger partial charge >= 0.3 is 6.01 Å². The first-order valence-corrected chi connectivity index (χ1v) is 15.9. The molecule has 0 aliphatic carbocycles. The smallest absolute Gasteiger partial charge is 0.319 e. The number of hydrogen-bond acceptors (Lipinski definition) is 9. The van der Waals surface area contributed by atoms with Crippen LogP contribution in [0, 0.1) is 18.2 Å². The molecule has 3 aromatic heterocycles. The van der Waals surface area contributed by atoms with E-state index in [1.807, 2.05) is 24.4 Å². The minimum atomic E-state index is -0.612. The van der Waals surface area contributed by atoms with Crippen LogP contribution in [-0.4, -0.2) is 68.3 Å². The van der Waals surface area contributed by atoms with Crippen LogP contribution in [-0.2, 0) is 12.1 Å². The number of nitrogens with one attached hydrogen (secondary N) is 1. The fraction of sp³-hybridized carbons (Fsp3) is 0.333. The number of ether oxygens (including phenoxy) is 1. The van der Waals surface area contributed by atoms with Crippen molar-refractivity contribution in [3.63, 3.8) is 0 Å². The van der Waals surface area contributed by atoms with Gasteiger partial charge in [0.05, 0.1) is 16.6 Å². The average molecular weight is 614 g/mol. The van der Waals surface area contributed by atoms with Gasteiger partial charge in [-0.25, -0.2) is 4.39 Å². The van der Waals surface area contributed by atoms with Gasteiger partial charge in [0.15, 0.2) is 5.82 Å². The van der Waals surface area contributed by atoms with Crippen molar-refractivity contribution in [2.45, 2.75) is 49.9 Å². The normalized spacial score (nSPS) is 23.5. The number of rotatable bonds is 5. The number of nitrogens with zero attached hydrogens (tertiary/aromatic N) is 6. The van der Waals surface area contributed by atoms with Crippen molar-refractivity contribution in [3.05, 3.63) is 77.5 Å². The lowest BCUT2D eigenvalue weighted by molar-refractivity contribution is 0.0825. The Morgan fingerprint density at radius 1 is 1.11 bits per heavy atom. The van der Waals surface area contributed by atoms with E-state index in [2.05, 4.69) is 37.1 Å². The second kappa shape index (κ2) is 10.3. The largest absolute Gasteiger partial charge is 0.508 e. The lowest BCUT2D eigenvalue weighted by atomic mass is 9.90. The minimum Gasteiger partial charge on any atom is -0.508 e. The molecule has 0 spiro atoms. The summed E-state index contributed by atoms with van der Waals surface area (Å²) in [5.41, 5.74) is 3.12. The SMILES string of the molecule is C#Cc1cccc2cc(O)cc(-c3ncc4c(N5CC6CCC(C5)N6)nc(OCC56CCCN5Cc5ncccc56)nc4c3F)c12. The molecule has 3 fully saturated rings. The molecule has 7 heterocycles. The fourth-order valence-electron chi connectivity index (χ4n) is 8.27. The summed E-state index contributed by atoms with van der Waals surface area (Å²) in [4.78, 5) is 23.6. The van der Waals surface area contributed by atoms with E-state index in [9.17, 15) is 5.11 Å². The molecule has 46 heavy (non-hydrogen) atoms. The number of terminal acetylenes is 1. The van der Waals surface area contributed by atoms with E-state index in [4.69, 9.17) is 21.1 Å². The molecule has 230 valence electrons. The van der Waals surface area contributed by atoms with E-state index < -0.39 is 5.82 Å². The van der Waals surface area contributed by atoms with E-state index in [1.165, 1.54) is 11.6 Å². The molecule has 2 bridgehead atoms. The van der Waals surface area contributed by atoms with Crippen LogP contribution in [0.3, 0.4) is 0 Å². The molecular weight excluding hydrogens is 581 g/mol. The van der Waals surface area contributed by atoms with Crippen molar-refractivity contribution in [2.24, 2.45) is 0 Å². The van der Waals surface area contributed by atoms with E-state index in [-0.39, 0.29) is 28.5 Å². The second-order valence-electron chi connectivity index (χ2n) is 12.9. The van der Waals surface area contributed by atoms with Crippen LogP contribution in [0.2, 0.25) is 0 Å². The van der Waals surface area contributed by atoms with Crippen LogP contribution >= 0.6 is 0 Å². The van der Waals surface area contributed by atoms with Crippen molar-refractivity contribution in [2.75, 3.05) is 31.1 Å². The van der Waals surface area contributed by atoms with Crippen molar-refractivity contribution in [3.8, 4) is 35.4 Å². The zero-order chi connectivity index (χ0) is 31.0. The molecule has 5 aromatic rings. The maximum Gasteiger partial charge on any atom is 0.319 e. The van der Waals surface area contributed by atoms with E-state index >= 15 is 4.39 Å². The van der Waals surface area contributed by atoms with Gasteiger partial charge < -0.3 is 20.1 Å². The van der Waals surface area contributed by atoms with E-state index in [1.54, 1.807) is 18.3 Å². The van der Waals surface area contributed by atoms with Gasteiger partial charge in [-0.2, -0.15) is 9.97 Å². The number of phenols is 1. The molecule has 3 saturated heterocycles. The maximum atomic E-state index is 16.9. The van der Waals surface area contributed by atoms with Gasteiger partial charge in [-0.3, -0.25) is 14.9 Å². The number of aromatic nitrogens is 4. The summed E-state index contributed by atoms with van der Waals surface area (Å²) in [7, 11) is 0. The molecule has 2 aromatic carbocycles. The van der Waals surface area contributed by atoms with Crippen LogP contribution in [0.4, 0.5) is 10.2 Å². The number of aromatic hydroxyl groups is 1. The summed E-state index contributed by atoms with van der Waals surface area (Å²) in [5, 5.41) is 16.1. The number of anilines is 1. The maximum absolute atomic E-state index is 16.9. The summed E-state index contributed by atoms with van der Waals surface area (Å²) in [6.07, 6.45) is 13.5. The van der Waals surface area contributed by atoms with Crippen LogP contribution < -0.4 is 15.0 Å². The predicted molar refractivity (Wildman–Crippen MR) is 173 cm³/mol. The zero-order valence-corrected chi connectivity index (χ0v) is 25.2. The predicted octanol–water partition coefficient (Wildman–Crippen LogP) is 4.89. The summed E-state index contributed by atoms with van der Waals surface area (Å²) >= 11 is 0. The Bertz CT molecular complexity index is 2090. The van der Waals surface area contributed by atoms with Crippen LogP contribution in [0.15, 0.2) is 54.9 Å². The van der Waals surface area contributed by atoms with Crippen molar-refractivity contribution < 1.29 is 14.2 Å². The molecule has 0 saturated carbocycles. The fourth-order valence-corrected chi connectivity index (χ4v) is 8.27. The molecule has 4 aliphatic rings. The second-order valence-corrected chi connectivity index (χ2v) is 12.9. The van der Waals surface area contributed by atoms with Crippen molar-refractivity contribution >= 4 is 27.5 Å². The molecule has 2 N–H and O–H groups in total. The highest BCUT2D eigenvalue weighted by Crippen LogP contribution is 2.46. The lowest BCUT2D eigenvalue weighted by Gasteiger charge is -2.35. The average Bonchev–Trinajstić information content (AvgIpc) is 3.73. The quantitative estimate of drug-likeness (QED) is 0.269. The van der Waals surface area contributed by atoms with Crippen LogP contribution in [0.25, 0.3) is 32.9 Å². The highest BCUT2D eigenvalue weighted by atomic mass is 19.1. The number of pyridine rings is 2. The first kappa shape index (κ1) is 27.5. The first-order valence-electron chi connectivity index (χ1n) is 15.9. The minimum absolute atomic E-state index is 0.00614. The number of piperazine rings is 1. The Hall–Kier alpha value is -4.85. The Morgan fingerprint density at radius 2 is 1.98 bits per heavy atom. The molecule has 9 nitrogen and oxygen atoms in total. The molecule has 3 atom stereocenters. The third kappa shape index (κ3) is 4.15. The first-order chi connectivity index (χ1) is 22.5. The van der Waals surface area contributed by atoms with E-state index in [0.717, 1.165) is 57.6 Å². The van der Waals surface area contributed by atoms with Crippen LogP contribution in [0.5, 0.6) is 11.8 Å². The Kier molecular flexibility index (Phi) is 6.17.